The first-order valence-electron chi connectivity index (χ1n) is 12.6. The summed E-state index contributed by atoms with van der Waals surface area (Å²) in [5.74, 6) is 0.781. The highest BCUT2D eigenvalue weighted by atomic mass is 32.2. The van der Waals surface area contributed by atoms with Crippen LogP contribution in [0.25, 0.3) is 6.08 Å². The molecule has 1 amide bonds. The van der Waals surface area contributed by atoms with E-state index in [0.717, 1.165) is 75.8 Å². The van der Waals surface area contributed by atoms with Crippen molar-refractivity contribution in [3.63, 3.8) is 0 Å². The van der Waals surface area contributed by atoms with Crippen LogP contribution < -0.4 is 10.5 Å². The van der Waals surface area contributed by atoms with E-state index in [1.165, 1.54) is 18.2 Å². The maximum Gasteiger partial charge on any atom is 0.270 e. The monoisotopic (exact) mass is 500 g/mol. The van der Waals surface area contributed by atoms with E-state index >= 15 is 0 Å². The predicted molar refractivity (Wildman–Crippen MR) is 145 cm³/mol. The molecule has 3 rings (SSSR count). The third-order valence-corrected chi connectivity index (χ3v) is 8.00. The van der Waals surface area contributed by atoms with E-state index < -0.39 is 0 Å². The van der Waals surface area contributed by atoms with Crippen molar-refractivity contribution in [2.75, 3.05) is 24.5 Å². The van der Waals surface area contributed by atoms with Crippen LogP contribution in [0, 0.1) is 18.3 Å². The Bertz CT molecular complexity index is 1050. The lowest BCUT2D eigenvalue weighted by Gasteiger charge is -2.33. The van der Waals surface area contributed by atoms with Crippen molar-refractivity contribution in [1.29, 1.82) is 5.26 Å². The first-order valence-corrected chi connectivity index (χ1v) is 13.8. The number of hydrogen-bond acceptors (Lipinski definition) is 6. The summed E-state index contributed by atoms with van der Waals surface area (Å²) >= 11 is 6.87. The number of hydrogen-bond donors (Lipinski definition) is 0. The van der Waals surface area contributed by atoms with Crippen molar-refractivity contribution < 1.29 is 4.79 Å². The first kappa shape index (κ1) is 26.5. The summed E-state index contributed by atoms with van der Waals surface area (Å²) in [7, 11) is 0. The van der Waals surface area contributed by atoms with Gasteiger partial charge in [-0.25, -0.2) is 0 Å². The minimum Gasteiger partial charge on any atom is -0.357 e. The number of carbonyl (C=O) groups excluding carboxylic acids is 1. The van der Waals surface area contributed by atoms with E-state index in [9.17, 15) is 14.9 Å². The fourth-order valence-corrected chi connectivity index (χ4v) is 5.93. The zero-order valence-electron chi connectivity index (χ0n) is 20.7. The second kappa shape index (κ2) is 12.6. The fraction of sp³-hybridized carbons (Fsp3) is 0.615. The topological polar surface area (TPSA) is 69.3 Å². The van der Waals surface area contributed by atoms with Gasteiger partial charge in [0.25, 0.3) is 11.5 Å². The average Bonchev–Trinajstić information content (AvgIpc) is 3.10. The fourth-order valence-electron chi connectivity index (χ4n) is 4.63. The van der Waals surface area contributed by atoms with Gasteiger partial charge < -0.3 is 4.90 Å². The van der Waals surface area contributed by atoms with Crippen LogP contribution in [0.2, 0.25) is 0 Å². The number of carbonyl (C=O) groups is 1. The third kappa shape index (κ3) is 5.75. The summed E-state index contributed by atoms with van der Waals surface area (Å²) in [4.78, 5) is 31.1. The van der Waals surface area contributed by atoms with E-state index in [1.54, 1.807) is 9.47 Å². The molecule has 0 aromatic carbocycles. The van der Waals surface area contributed by atoms with Crippen molar-refractivity contribution in [2.24, 2.45) is 0 Å². The Kier molecular flexibility index (Phi) is 9.78. The Morgan fingerprint density at radius 3 is 2.38 bits per heavy atom. The zero-order chi connectivity index (χ0) is 24.7. The number of thioether (sulfide) groups is 1. The van der Waals surface area contributed by atoms with Gasteiger partial charge in [-0.2, -0.15) is 5.26 Å². The highest BCUT2D eigenvalue weighted by Crippen LogP contribution is 2.36. The molecule has 2 aliphatic rings. The smallest absolute Gasteiger partial charge is 0.270 e. The Hall–Kier alpha value is -2.11. The number of anilines is 1. The first-order chi connectivity index (χ1) is 16.4. The molecule has 8 heteroatoms. The van der Waals surface area contributed by atoms with Crippen LogP contribution in [0.3, 0.4) is 0 Å². The highest BCUT2D eigenvalue weighted by Gasteiger charge is 2.33. The number of unbranched alkanes of at least 4 members (excludes halogenated alkanes) is 4. The molecule has 2 fully saturated rings. The molecule has 3 heterocycles. The molecule has 0 atom stereocenters. The molecule has 6 nitrogen and oxygen atoms in total. The van der Waals surface area contributed by atoms with Crippen LogP contribution in [0.1, 0.15) is 88.3 Å². The molecule has 0 unspecified atom stereocenters. The summed E-state index contributed by atoms with van der Waals surface area (Å²) in [6.07, 6.45) is 11.3. The summed E-state index contributed by atoms with van der Waals surface area (Å²) in [6.45, 7) is 9.04. The lowest BCUT2D eigenvalue weighted by molar-refractivity contribution is -0.122. The SMILES string of the molecule is CCCCCCN1C(=O)C(=Cc2c(C)c(C#N)c(=O)n(CCCC)c2N2CCCCC2)SC1=S. The molecule has 1 aromatic heterocycles. The van der Waals surface area contributed by atoms with Crippen LogP contribution in [0.4, 0.5) is 5.82 Å². The summed E-state index contributed by atoms with van der Waals surface area (Å²) in [6, 6.07) is 2.14. The molecule has 0 aliphatic carbocycles. The summed E-state index contributed by atoms with van der Waals surface area (Å²) in [5.41, 5.74) is 1.39. The normalized spacial score (nSPS) is 17.6. The largest absolute Gasteiger partial charge is 0.357 e. The molecule has 184 valence electrons. The quantitative estimate of drug-likeness (QED) is 0.237. The number of piperidine rings is 1. The van der Waals surface area contributed by atoms with Gasteiger partial charge in [0.05, 0.1) is 4.91 Å². The van der Waals surface area contributed by atoms with Crippen molar-refractivity contribution >= 4 is 46.1 Å². The van der Waals surface area contributed by atoms with Crippen LogP contribution in [0.15, 0.2) is 9.70 Å². The van der Waals surface area contributed by atoms with Crippen LogP contribution >= 0.6 is 24.0 Å². The van der Waals surface area contributed by atoms with E-state index in [-0.39, 0.29) is 17.0 Å². The molecule has 0 radical (unpaired) electrons. The second-order valence-electron chi connectivity index (χ2n) is 9.10. The maximum absolute atomic E-state index is 13.3. The van der Waals surface area contributed by atoms with Crippen molar-refractivity contribution in [3.05, 3.63) is 31.9 Å². The van der Waals surface area contributed by atoms with Gasteiger partial charge in [-0.1, -0.05) is 63.5 Å². The number of nitrogens with zero attached hydrogens (tertiary/aromatic N) is 4. The molecule has 2 saturated heterocycles. The minimum atomic E-state index is -0.227. The Balaban J connectivity index is 2.08. The molecule has 0 N–H and O–H groups in total. The van der Waals surface area contributed by atoms with Crippen molar-refractivity contribution in [3.8, 4) is 6.07 Å². The lowest BCUT2D eigenvalue weighted by Crippen LogP contribution is -2.37. The van der Waals surface area contributed by atoms with Crippen LogP contribution in [-0.4, -0.2) is 39.3 Å². The van der Waals surface area contributed by atoms with Crippen LogP contribution in [-0.2, 0) is 11.3 Å². The maximum atomic E-state index is 13.3. The van der Waals surface area contributed by atoms with Gasteiger partial charge in [0.2, 0.25) is 0 Å². The van der Waals surface area contributed by atoms with Crippen molar-refractivity contribution in [2.45, 2.75) is 85.1 Å². The van der Waals surface area contributed by atoms with E-state index in [4.69, 9.17) is 12.2 Å². The van der Waals surface area contributed by atoms with Gasteiger partial charge in [0.1, 0.15) is 21.8 Å². The highest BCUT2D eigenvalue weighted by molar-refractivity contribution is 8.26. The van der Waals surface area contributed by atoms with Crippen molar-refractivity contribution in [1.82, 2.24) is 9.47 Å². The standard InChI is InChI=1S/C26H36N4O2S2/c1-4-6-8-12-16-30-25(32)22(34-26(30)33)17-20-19(3)21(18-27)24(31)29(15-7-5-2)23(20)28-13-10-9-11-14-28/h17H,4-16H2,1-3H3. The van der Waals surface area contributed by atoms with E-state index in [0.29, 0.717) is 27.9 Å². The van der Waals surface area contributed by atoms with Gasteiger partial charge >= 0.3 is 0 Å². The number of rotatable bonds is 10. The van der Waals surface area contributed by atoms with Gasteiger partial charge in [0.15, 0.2) is 0 Å². The average molecular weight is 501 g/mol. The molecule has 34 heavy (non-hydrogen) atoms. The Morgan fingerprint density at radius 1 is 1.03 bits per heavy atom. The number of pyridine rings is 1. The third-order valence-electron chi connectivity index (χ3n) is 6.62. The van der Waals surface area contributed by atoms with Gasteiger partial charge in [0, 0.05) is 31.7 Å². The Labute approximate surface area is 213 Å². The van der Waals surface area contributed by atoms with Crippen LogP contribution in [0.5, 0.6) is 0 Å². The summed E-state index contributed by atoms with van der Waals surface area (Å²) < 4.78 is 2.36. The minimum absolute atomic E-state index is 0.0692. The molecular weight excluding hydrogens is 464 g/mol. The molecule has 1 aromatic rings. The predicted octanol–water partition coefficient (Wildman–Crippen LogP) is 5.60. The number of amides is 1. The number of thiocarbonyl (C=S) groups is 1. The van der Waals surface area contributed by atoms with Gasteiger partial charge in [-0.05, 0) is 50.7 Å². The molecular formula is C26H36N4O2S2. The zero-order valence-corrected chi connectivity index (χ0v) is 22.3. The Morgan fingerprint density at radius 2 is 1.74 bits per heavy atom. The molecule has 0 bridgehead atoms. The molecule has 2 aliphatic heterocycles. The second-order valence-corrected chi connectivity index (χ2v) is 10.8. The number of aromatic nitrogens is 1. The lowest BCUT2D eigenvalue weighted by atomic mass is 10.0. The van der Waals surface area contributed by atoms with E-state index in [2.05, 4.69) is 24.8 Å². The van der Waals surface area contributed by atoms with E-state index in [1.807, 2.05) is 13.0 Å². The summed E-state index contributed by atoms with van der Waals surface area (Å²) in [5, 5.41) is 9.81. The molecule has 0 saturated carbocycles. The number of nitriles is 1. The molecule has 0 spiro atoms. The van der Waals surface area contributed by atoms with Gasteiger partial charge in [-0.15, -0.1) is 0 Å². The van der Waals surface area contributed by atoms with Gasteiger partial charge in [-0.3, -0.25) is 19.1 Å².